The van der Waals surface area contributed by atoms with Crippen molar-refractivity contribution >= 4 is 17.4 Å². The number of rotatable bonds is 10. The van der Waals surface area contributed by atoms with Crippen molar-refractivity contribution in [3.05, 3.63) is 33.9 Å². The van der Waals surface area contributed by atoms with Crippen molar-refractivity contribution in [3.63, 3.8) is 0 Å². The molecular weight excluding hydrogens is 360 g/mol. The van der Waals surface area contributed by atoms with E-state index in [1.807, 2.05) is 11.8 Å². The van der Waals surface area contributed by atoms with Crippen LogP contribution in [0.25, 0.3) is 0 Å². The van der Waals surface area contributed by atoms with Gasteiger partial charge in [0.2, 0.25) is 5.91 Å². The maximum Gasteiger partial charge on any atom is 0.283 e. The van der Waals surface area contributed by atoms with Gasteiger partial charge in [-0.3, -0.25) is 19.7 Å². The van der Waals surface area contributed by atoms with Crippen LogP contribution >= 0.6 is 0 Å². The lowest BCUT2D eigenvalue weighted by atomic mass is 9.94. The summed E-state index contributed by atoms with van der Waals surface area (Å²) in [6, 6.07) is 4.65. The van der Waals surface area contributed by atoms with E-state index in [1.165, 1.54) is 31.4 Å². The van der Waals surface area contributed by atoms with Gasteiger partial charge in [-0.25, -0.2) is 0 Å². The maximum absolute atomic E-state index is 12.5. The van der Waals surface area contributed by atoms with E-state index in [4.69, 9.17) is 4.74 Å². The Labute approximate surface area is 166 Å². The molecule has 0 aromatic heterocycles. The van der Waals surface area contributed by atoms with Crippen LogP contribution in [0.3, 0.4) is 0 Å². The fraction of sp³-hybridized carbons (Fsp3) is 0.619. The molecule has 0 heterocycles. The average molecular weight is 390 g/mol. The molecule has 0 radical (unpaired) electrons. The minimum absolute atomic E-state index is 0.0982. The van der Waals surface area contributed by atoms with Gasteiger partial charge in [-0.1, -0.05) is 26.2 Å². The standard InChI is InChI=1S/C21H30N2O5/c1-3-20(24)18-13-12-17(15-19(18)23(26)27)28-14-8-11-21(25)22(4-2)16-9-6-5-7-10-16/h12-13,15-16H,3-11,14H2,1-2H3. The van der Waals surface area contributed by atoms with Crippen LogP contribution in [0.15, 0.2) is 18.2 Å². The fourth-order valence-electron chi connectivity index (χ4n) is 3.77. The molecule has 7 nitrogen and oxygen atoms in total. The van der Waals surface area contributed by atoms with E-state index in [2.05, 4.69) is 0 Å². The molecule has 1 amide bonds. The first-order valence-corrected chi connectivity index (χ1v) is 10.2. The third-order valence-corrected chi connectivity index (χ3v) is 5.27. The van der Waals surface area contributed by atoms with Crippen molar-refractivity contribution in [1.29, 1.82) is 0 Å². The Morgan fingerprint density at radius 1 is 1.21 bits per heavy atom. The topological polar surface area (TPSA) is 89.8 Å². The number of nitro benzene ring substituents is 1. The Kier molecular flexibility index (Phi) is 8.42. The van der Waals surface area contributed by atoms with Crippen molar-refractivity contribution in [2.45, 2.75) is 71.3 Å². The zero-order valence-corrected chi connectivity index (χ0v) is 16.8. The van der Waals surface area contributed by atoms with Gasteiger partial charge in [0.15, 0.2) is 5.78 Å². The number of benzene rings is 1. The number of hydrogen-bond donors (Lipinski definition) is 0. The summed E-state index contributed by atoms with van der Waals surface area (Å²) in [4.78, 5) is 37.0. The Morgan fingerprint density at radius 3 is 2.54 bits per heavy atom. The van der Waals surface area contributed by atoms with Gasteiger partial charge >= 0.3 is 0 Å². The van der Waals surface area contributed by atoms with Crippen LogP contribution in [0.4, 0.5) is 5.69 Å². The molecular formula is C21H30N2O5. The van der Waals surface area contributed by atoms with E-state index in [0.717, 1.165) is 19.4 Å². The Morgan fingerprint density at radius 2 is 1.93 bits per heavy atom. The van der Waals surface area contributed by atoms with E-state index in [1.54, 1.807) is 13.0 Å². The predicted octanol–water partition coefficient (Wildman–Crippen LogP) is 4.53. The second kappa shape index (κ2) is 10.8. The fourth-order valence-corrected chi connectivity index (χ4v) is 3.77. The zero-order valence-electron chi connectivity index (χ0n) is 16.8. The van der Waals surface area contributed by atoms with E-state index in [-0.39, 0.29) is 29.4 Å². The summed E-state index contributed by atoms with van der Waals surface area (Å²) in [5.41, 5.74) is -0.143. The molecule has 0 N–H and O–H groups in total. The first-order valence-electron chi connectivity index (χ1n) is 10.2. The molecule has 0 spiro atoms. The molecule has 0 unspecified atom stereocenters. The molecule has 1 saturated carbocycles. The molecule has 1 aliphatic carbocycles. The van der Waals surface area contributed by atoms with Crippen LogP contribution in [0.1, 0.15) is 75.6 Å². The highest BCUT2D eigenvalue weighted by Crippen LogP contribution is 2.26. The van der Waals surface area contributed by atoms with Gasteiger partial charge in [-0.05, 0) is 38.3 Å². The van der Waals surface area contributed by atoms with Crippen LogP contribution in [0.2, 0.25) is 0 Å². The number of hydrogen-bond acceptors (Lipinski definition) is 5. The summed E-state index contributed by atoms with van der Waals surface area (Å²) in [5.74, 6) is 0.213. The first-order chi connectivity index (χ1) is 13.5. The van der Waals surface area contributed by atoms with E-state index in [0.29, 0.717) is 31.2 Å². The second-order valence-corrected chi connectivity index (χ2v) is 7.14. The molecule has 1 fully saturated rings. The molecule has 0 saturated heterocycles. The molecule has 1 aromatic rings. The Hall–Kier alpha value is -2.44. The van der Waals surface area contributed by atoms with Crippen molar-refractivity contribution < 1.29 is 19.2 Å². The van der Waals surface area contributed by atoms with Gasteiger partial charge in [-0.2, -0.15) is 0 Å². The van der Waals surface area contributed by atoms with Crippen LogP contribution in [0.5, 0.6) is 5.75 Å². The third-order valence-electron chi connectivity index (χ3n) is 5.27. The molecule has 154 valence electrons. The smallest absolute Gasteiger partial charge is 0.283 e. The summed E-state index contributed by atoms with van der Waals surface area (Å²) < 4.78 is 5.59. The minimum Gasteiger partial charge on any atom is -0.493 e. The number of nitro groups is 1. The number of carbonyl (C=O) groups is 2. The van der Waals surface area contributed by atoms with E-state index < -0.39 is 4.92 Å². The normalized spacial score (nSPS) is 14.5. The van der Waals surface area contributed by atoms with Crippen LogP contribution in [0, 0.1) is 10.1 Å². The van der Waals surface area contributed by atoms with Crippen molar-refractivity contribution in [2.24, 2.45) is 0 Å². The van der Waals surface area contributed by atoms with Crippen LogP contribution < -0.4 is 4.74 Å². The summed E-state index contributed by atoms with van der Waals surface area (Å²) in [6.07, 6.45) is 6.96. The van der Waals surface area contributed by atoms with Crippen molar-refractivity contribution in [1.82, 2.24) is 4.90 Å². The SMILES string of the molecule is CCC(=O)c1ccc(OCCCC(=O)N(CC)C2CCCCC2)cc1[N+](=O)[O-]. The largest absolute Gasteiger partial charge is 0.493 e. The summed E-state index contributed by atoms with van der Waals surface area (Å²) >= 11 is 0. The summed E-state index contributed by atoms with van der Waals surface area (Å²) in [6.45, 7) is 4.71. The van der Waals surface area contributed by atoms with Crippen LogP contribution in [-0.4, -0.2) is 40.7 Å². The summed E-state index contributed by atoms with van der Waals surface area (Å²) in [7, 11) is 0. The average Bonchev–Trinajstić information content (AvgIpc) is 2.71. The Bertz CT molecular complexity index is 698. The monoisotopic (exact) mass is 390 g/mol. The zero-order chi connectivity index (χ0) is 20.5. The lowest BCUT2D eigenvalue weighted by Crippen LogP contribution is -2.41. The second-order valence-electron chi connectivity index (χ2n) is 7.14. The number of ether oxygens (including phenoxy) is 1. The van der Waals surface area contributed by atoms with Gasteiger partial charge < -0.3 is 9.64 Å². The summed E-state index contributed by atoms with van der Waals surface area (Å²) in [5, 5.41) is 11.2. The number of amides is 1. The highest BCUT2D eigenvalue weighted by atomic mass is 16.6. The Balaban J connectivity index is 1.87. The highest BCUT2D eigenvalue weighted by molar-refractivity contribution is 5.99. The third kappa shape index (κ3) is 5.78. The molecule has 7 heteroatoms. The van der Waals surface area contributed by atoms with Gasteiger partial charge in [-0.15, -0.1) is 0 Å². The molecule has 2 rings (SSSR count). The van der Waals surface area contributed by atoms with Crippen molar-refractivity contribution in [2.75, 3.05) is 13.2 Å². The highest BCUT2D eigenvalue weighted by Gasteiger charge is 2.24. The molecule has 0 atom stereocenters. The predicted molar refractivity (Wildman–Crippen MR) is 107 cm³/mol. The van der Waals surface area contributed by atoms with Crippen molar-refractivity contribution in [3.8, 4) is 5.75 Å². The van der Waals surface area contributed by atoms with Crippen LogP contribution in [-0.2, 0) is 4.79 Å². The number of nitrogens with zero attached hydrogens (tertiary/aromatic N) is 2. The lowest BCUT2D eigenvalue weighted by molar-refractivity contribution is -0.385. The maximum atomic E-state index is 12.5. The first kappa shape index (κ1) is 21.9. The molecule has 28 heavy (non-hydrogen) atoms. The van der Waals surface area contributed by atoms with E-state index in [9.17, 15) is 19.7 Å². The van der Waals surface area contributed by atoms with Gasteiger partial charge in [0.25, 0.3) is 5.69 Å². The number of carbonyl (C=O) groups excluding carboxylic acids is 2. The molecule has 1 aliphatic rings. The molecule has 1 aromatic carbocycles. The number of Topliss-reactive ketones (excluding diaryl/α,β-unsaturated/α-hetero) is 1. The minimum atomic E-state index is -0.567. The van der Waals surface area contributed by atoms with Gasteiger partial charge in [0, 0.05) is 25.4 Å². The molecule has 0 aliphatic heterocycles. The van der Waals surface area contributed by atoms with Gasteiger partial charge in [0.1, 0.15) is 5.75 Å². The van der Waals surface area contributed by atoms with Gasteiger partial charge in [0.05, 0.1) is 23.2 Å². The molecule has 0 bridgehead atoms. The van der Waals surface area contributed by atoms with E-state index >= 15 is 0 Å². The number of ketones is 1. The quantitative estimate of drug-likeness (QED) is 0.253. The lowest BCUT2D eigenvalue weighted by Gasteiger charge is -2.33.